The second-order valence-corrected chi connectivity index (χ2v) is 5.75. The number of aromatic amines is 2. The normalized spacial score (nSPS) is 11.0. The van der Waals surface area contributed by atoms with Gasteiger partial charge in [0, 0.05) is 22.7 Å². The molecule has 0 bridgehead atoms. The molecule has 5 nitrogen and oxygen atoms in total. The third-order valence-corrected chi connectivity index (χ3v) is 4.18. The molecule has 4 aromatic rings. The van der Waals surface area contributed by atoms with Gasteiger partial charge in [0.15, 0.2) is 10.6 Å². The molecule has 4 rings (SSSR count). The van der Waals surface area contributed by atoms with E-state index in [1.165, 1.54) is 0 Å². The Balaban J connectivity index is 1.86. The lowest BCUT2D eigenvalue weighted by atomic mass is 10.1. The minimum atomic E-state index is 0.555. The van der Waals surface area contributed by atoms with Gasteiger partial charge in [-0.1, -0.05) is 18.2 Å². The van der Waals surface area contributed by atoms with E-state index >= 15 is 0 Å². The number of H-pyrrole nitrogens is 2. The van der Waals surface area contributed by atoms with Gasteiger partial charge in [-0.05, 0) is 49.5 Å². The van der Waals surface area contributed by atoms with Crippen LogP contribution in [-0.4, -0.2) is 26.4 Å². The van der Waals surface area contributed by atoms with Crippen molar-refractivity contribution in [2.75, 3.05) is 6.61 Å². The monoisotopic (exact) mass is 336 g/mol. The molecule has 0 aliphatic carbocycles. The summed E-state index contributed by atoms with van der Waals surface area (Å²) in [4.78, 5) is 3.28. The Morgan fingerprint density at radius 2 is 1.92 bits per heavy atom. The van der Waals surface area contributed by atoms with Gasteiger partial charge in [-0.3, -0.25) is 9.67 Å². The zero-order chi connectivity index (χ0) is 16.5. The van der Waals surface area contributed by atoms with E-state index in [9.17, 15) is 0 Å². The van der Waals surface area contributed by atoms with Gasteiger partial charge in [0.05, 0.1) is 12.3 Å². The van der Waals surface area contributed by atoms with Crippen molar-refractivity contribution in [3.8, 4) is 22.8 Å². The number of benzene rings is 2. The average molecular weight is 336 g/mol. The molecule has 2 aromatic carbocycles. The quantitative estimate of drug-likeness (QED) is 0.540. The number of nitrogens with one attached hydrogen (secondary N) is 2. The molecule has 0 saturated heterocycles. The Hall–Kier alpha value is -2.86. The average Bonchev–Trinajstić information content (AvgIpc) is 3.19. The van der Waals surface area contributed by atoms with Crippen LogP contribution >= 0.6 is 12.2 Å². The lowest BCUT2D eigenvalue weighted by Gasteiger charge is -2.08. The zero-order valence-corrected chi connectivity index (χ0v) is 13.9. The molecule has 0 fully saturated rings. The fourth-order valence-corrected chi connectivity index (χ4v) is 3.07. The highest BCUT2D eigenvalue weighted by molar-refractivity contribution is 7.71. The highest BCUT2D eigenvalue weighted by Crippen LogP contribution is 2.29. The number of hydrogen-bond donors (Lipinski definition) is 2. The van der Waals surface area contributed by atoms with Crippen molar-refractivity contribution in [3.05, 3.63) is 59.5 Å². The number of nitrogens with zero attached hydrogens (tertiary/aromatic N) is 2. The standard InChI is InChI=1S/C18H16N4OS/c1-2-23-13-9-7-12(8-10-13)22-17(20-21-18(22)24)15-11-19-16-6-4-3-5-14(15)16/h3-11,19H,2H2,1H3,(H,21,24). The second kappa shape index (κ2) is 5.98. The smallest absolute Gasteiger partial charge is 0.200 e. The zero-order valence-electron chi connectivity index (χ0n) is 13.1. The van der Waals surface area contributed by atoms with Crippen molar-refractivity contribution in [3.63, 3.8) is 0 Å². The fraction of sp³-hybridized carbons (Fsp3) is 0.111. The number of para-hydroxylation sites is 1. The molecule has 0 amide bonds. The van der Waals surface area contributed by atoms with E-state index in [2.05, 4.69) is 21.2 Å². The van der Waals surface area contributed by atoms with Gasteiger partial charge in [0.25, 0.3) is 0 Å². The molecule has 120 valence electrons. The molecule has 0 atom stereocenters. The maximum absolute atomic E-state index is 5.50. The van der Waals surface area contributed by atoms with Crippen LogP contribution in [0.3, 0.4) is 0 Å². The van der Waals surface area contributed by atoms with E-state index in [-0.39, 0.29) is 0 Å². The minimum Gasteiger partial charge on any atom is -0.494 e. The first-order chi connectivity index (χ1) is 11.8. The van der Waals surface area contributed by atoms with Crippen LogP contribution in [0.5, 0.6) is 5.75 Å². The van der Waals surface area contributed by atoms with Crippen LogP contribution in [-0.2, 0) is 0 Å². The van der Waals surface area contributed by atoms with Crippen molar-refractivity contribution in [2.24, 2.45) is 0 Å². The Kier molecular flexibility index (Phi) is 3.66. The van der Waals surface area contributed by atoms with E-state index < -0.39 is 0 Å². The van der Waals surface area contributed by atoms with E-state index in [1.807, 2.05) is 60.2 Å². The molecular weight excluding hydrogens is 320 g/mol. The minimum absolute atomic E-state index is 0.555. The third kappa shape index (κ3) is 2.41. The van der Waals surface area contributed by atoms with Crippen molar-refractivity contribution < 1.29 is 4.74 Å². The molecule has 2 aromatic heterocycles. The maximum atomic E-state index is 5.50. The predicted molar refractivity (Wildman–Crippen MR) is 97.2 cm³/mol. The number of aromatic nitrogens is 4. The Labute approximate surface area is 143 Å². The van der Waals surface area contributed by atoms with Crippen LogP contribution in [0, 0.1) is 4.77 Å². The molecule has 0 spiro atoms. The molecule has 0 radical (unpaired) electrons. The van der Waals surface area contributed by atoms with Gasteiger partial charge < -0.3 is 9.72 Å². The van der Waals surface area contributed by atoms with Crippen LogP contribution in [0.15, 0.2) is 54.7 Å². The lowest BCUT2D eigenvalue weighted by Crippen LogP contribution is -1.98. The van der Waals surface area contributed by atoms with Gasteiger partial charge in [-0.15, -0.1) is 0 Å². The fourth-order valence-electron chi connectivity index (χ4n) is 2.83. The number of ether oxygens (including phenoxy) is 1. The van der Waals surface area contributed by atoms with Gasteiger partial charge in [0.1, 0.15) is 5.75 Å². The first kappa shape index (κ1) is 14.7. The molecule has 24 heavy (non-hydrogen) atoms. The summed E-state index contributed by atoms with van der Waals surface area (Å²) in [6, 6.07) is 16.0. The van der Waals surface area contributed by atoms with E-state index in [4.69, 9.17) is 17.0 Å². The van der Waals surface area contributed by atoms with Crippen LogP contribution in [0.1, 0.15) is 6.92 Å². The van der Waals surface area contributed by atoms with Crippen LogP contribution in [0.4, 0.5) is 0 Å². The largest absolute Gasteiger partial charge is 0.494 e. The Morgan fingerprint density at radius 3 is 2.71 bits per heavy atom. The first-order valence-corrected chi connectivity index (χ1v) is 8.16. The lowest BCUT2D eigenvalue weighted by molar-refractivity contribution is 0.340. The summed E-state index contributed by atoms with van der Waals surface area (Å²) in [5.74, 6) is 1.62. The van der Waals surface area contributed by atoms with E-state index in [0.717, 1.165) is 33.7 Å². The SMILES string of the molecule is CCOc1ccc(-n2c(-c3c[nH]c4ccccc34)n[nH]c2=S)cc1. The first-order valence-electron chi connectivity index (χ1n) is 7.75. The summed E-state index contributed by atoms with van der Waals surface area (Å²) in [6.45, 7) is 2.61. The summed E-state index contributed by atoms with van der Waals surface area (Å²) < 4.78 is 7.99. The van der Waals surface area contributed by atoms with Crippen LogP contribution in [0.25, 0.3) is 28.0 Å². The number of hydrogen-bond acceptors (Lipinski definition) is 3. The molecule has 6 heteroatoms. The van der Waals surface area contributed by atoms with Gasteiger partial charge >= 0.3 is 0 Å². The van der Waals surface area contributed by atoms with Gasteiger partial charge in [0.2, 0.25) is 0 Å². The summed E-state index contributed by atoms with van der Waals surface area (Å²) in [5.41, 5.74) is 3.02. The second-order valence-electron chi connectivity index (χ2n) is 5.36. The summed E-state index contributed by atoms with van der Waals surface area (Å²) in [6.07, 6.45) is 1.96. The molecule has 2 heterocycles. The van der Waals surface area contributed by atoms with Crippen molar-refractivity contribution in [2.45, 2.75) is 6.92 Å². The number of fused-ring (bicyclic) bond motifs is 1. The Morgan fingerprint density at radius 1 is 1.12 bits per heavy atom. The summed E-state index contributed by atoms with van der Waals surface area (Å²) in [7, 11) is 0. The highest BCUT2D eigenvalue weighted by Gasteiger charge is 2.14. The summed E-state index contributed by atoms with van der Waals surface area (Å²) in [5, 5.41) is 8.45. The van der Waals surface area contributed by atoms with Crippen molar-refractivity contribution >= 4 is 23.1 Å². The molecule has 0 saturated carbocycles. The Bertz CT molecular complexity index is 1040. The predicted octanol–water partition coefficient (Wildman–Crippen LogP) is 4.48. The third-order valence-electron chi connectivity index (χ3n) is 3.91. The van der Waals surface area contributed by atoms with Crippen molar-refractivity contribution in [1.29, 1.82) is 0 Å². The van der Waals surface area contributed by atoms with Gasteiger partial charge in [-0.2, -0.15) is 5.10 Å². The molecule has 0 aliphatic rings. The molecule has 0 unspecified atom stereocenters. The van der Waals surface area contributed by atoms with Crippen molar-refractivity contribution in [1.82, 2.24) is 19.7 Å². The van der Waals surface area contributed by atoms with E-state index in [1.54, 1.807) is 0 Å². The van der Waals surface area contributed by atoms with Crippen LogP contribution < -0.4 is 4.74 Å². The summed E-state index contributed by atoms with van der Waals surface area (Å²) >= 11 is 5.44. The molecular formula is C18H16N4OS. The molecule has 0 aliphatic heterocycles. The highest BCUT2D eigenvalue weighted by atomic mass is 32.1. The van der Waals surface area contributed by atoms with Crippen LogP contribution in [0.2, 0.25) is 0 Å². The van der Waals surface area contributed by atoms with Gasteiger partial charge in [-0.25, -0.2) is 0 Å². The number of rotatable bonds is 4. The molecule has 2 N–H and O–H groups in total. The topological polar surface area (TPSA) is 58.6 Å². The maximum Gasteiger partial charge on any atom is 0.200 e. The van der Waals surface area contributed by atoms with E-state index in [0.29, 0.717) is 11.4 Å².